The van der Waals surface area contributed by atoms with Crippen LogP contribution >= 0.6 is 0 Å². The number of piperidine rings is 2. The zero-order valence-electron chi connectivity index (χ0n) is 18.5. The molecule has 2 aliphatic heterocycles. The van der Waals surface area contributed by atoms with Gasteiger partial charge < -0.3 is 10.2 Å². The van der Waals surface area contributed by atoms with Crippen molar-refractivity contribution in [3.63, 3.8) is 0 Å². The van der Waals surface area contributed by atoms with Gasteiger partial charge in [0.05, 0.1) is 4.90 Å². The van der Waals surface area contributed by atoms with Gasteiger partial charge >= 0.3 is 0 Å². The zero-order valence-corrected chi connectivity index (χ0v) is 19.3. The molecule has 1 aromatic carbocycles. The first-order chi connectivity index (χ1) is 14.3. The van der Waals surface area contributed by atoms with Gasteiger partial charge in [0.25, 0.3) is 0 Å². The summed E-state index contributed by atoms with van der Waals surface area (Å²) in [4.78, 5) is 15.1. The van der Waals surface area contributed by atoms with E-state index in [-0.39, 0.29) is 11.8 Å². The third-order valence-corrected chi connectivity index (χ3v) is 8.33. The highest BCUT2D eigenvalue weighted by molar-refractivity contribution is 7.89. The van der Waals surface area contributed by atoms with Gasteiger partial charge in [-0.25, -0.2) is 8.42 Å². The number of rotatable bonds is 8. The molecule has 3 rings (SSSR count). The number of carbonyl (C=O) groups is 1. The lowest BCUT2D eigenvalue weighted by Crippen LogP contribution is -2.40. The van der Waals surface area contributed by atoms with Crippen molar-refractivity contribution in [2.75, 3.05) is 39.3 Å². The van der Waals surface area contributed by atoms with Gasteiger partial charge in [-0.05, 0) is 76.1 Å². The number of amides is 1. The summed E-state index contributed by atoms with van der Waals surface area (Å²) < 4.78 is 27.2. The minimum absolute atomic E-state index is 0.0989. The molecule has 1 aromatic rings. The maximum absolute atomic E-state index is 12.8. The Balaban J connectivity index is 1.35. The fraction of sp³-hybridized carbons (Fsp3) is 0.696. The van der Waals surface area contributed by atoms with E-state index in [0.717, 1.165) is 43.8 Å². The van der Waals surface area contributed by atoms with Gasteiger partial charge in [-0.15, -0.1) is 0 Å². The van der Waals surface area contributed by atoms with Crippen LogP contribution in [0.25, 0.3) is 0 Å². The van der Waals surface area contributed by atoms with Crippen LogP contribution in [-0.4, -0.2) is 62.8 Å². The molecule has 1 unspecified atom stereocenters. The molecule has 0 radical (unpaired) electrons. The Morgan fingerprint density at radius 2 is 1.80 bits per heavy atom. The van der Waals surface area contributed by atoms with E-state index in [1.165, 1.54) is 25.9 Å². The average Bonchev–Trinajstić information content (AvgIpc) is 2.72. The van der Waals surface area contributed by atoms with Crippen LogP contribution in [0, 0.1) is 18.8 Å². The van der Waals surface area contributed by atoms with E-state index in [1.54, 1.807) is 16.4 Å². The van der Waals surface area contributed by atoms with Gasteiger partial charge in [0.2, 0.25) is 15.9 Å². The number of hydrogen-bond donors (Lipinski definition) is 1. The molecule has 0 bridgehead atoms. The molecule has 6 nitrogen and oxygen atoms in total. The van der Waals surface area contributed by atoms with E-state index in [2.05, 4.69) is 17.1 Å². The van der Waals surface area contributed by atoms with Crippen LogP contribution in [0.5, 0.6) is 0 Å². The van der Waals surface area contributed by atoms with E-state index in [1.807, 2.05) is 19.1 Å². The van der Waals surface area contributed by atoms with E-state index in [9.17, 15) is 13.2 Å². The van der Waals surface area contributed by atoms with Gasteiger partial charge in [-0.3, -0.25) is 4.79 Å². The molecule has 168 valence electrons. The Kier molecular flexibility index (Phi) is 8.31. The van der Waals surface area contributed by atoms with Crippen molar-refractivity contribution in [1.82, 2.24) is 14.5 Å². The second kappa shape index (κ2) is 10.7. The van der Waals surface area contributed by atoms with Crippen molar-refractivity contribution in [2.45, 2.75) is 57.3 Å². The Hall–Kier alpha value is -1.44. The quantitative estimate of drug-likeness (QED) is 0.637. The monoisotopic (exact) mass is 435 g/mol. The molecule has 1 N–H and O–H groups in total. The number of likely N-dealkylation sites (tertiary alicyclic amines) is 1. The molecule has 0 aromatic heterocycles. The number of nitrogens with one attached hydrogen (secondary N) is 1. The summed E-state index contributed by atoms with van der Waals surface area (Å²) in [6, 6.07) is 7.01. The average molecular weight is 436 g/mol. The molecule has 2 saturated heterocycles. The smallest absolute Gasteiger partial charge is 0.243 e. The molecular weight excluding hydrogens is 398 g/mol. The van der Waals surface area contributed by atoms with Crippen molar-refractivity contribution < 1.29 is 13.2 Å². The Morgan fingerprint density at radius 3 is 2.47 bits per heavy atom. The standard InChI is InChI=1S/C23H37N3O3S/c1-19-6-8-22(9-7-19)30(28,29)26-15-10-21(11-16-26)17-23(27)24-12-4-14-25-13-3-5-20(2)18-25/h6-9,20-21H,3-5,10-18H2,1-2H3,(H,24,27). The highest BCUT2D eigenvalue weighted by atomic mass is 32.2. The predicted molar refractivity (Wildman–Crippen MR) is 120 cm³/mol. The normalized spacial score (nSPS) is 22.1. The van der Waals surface area contributed by atoms with Gasteiger partial charge in [0.15, 0.2) is 0 Å². The summed E-state index contributed by atoms with van der Waals surface area (Å²) >= 11 is 0. The molecule has 0 saturated carbocycles. The lowest BCUT2D eigenvalue weighted by molar-refractivity contribution is -0.122. The number of hydrogen-bond acceptors (Lipinski definition) is 4. The molecule has 30 heavy (non-hydrogen) atoms. The van der Waals surface area contributed by atoms with Crippen LogP contribution in [0.1, 0.15) is 51.0 Å². The second-order valence-corrected chi connectivity index (χ2v) is 11.1. The minimum atomic E-state index is -3.43. The molecule has 2 heterocycles. The first kappa shape index (κ1) is 23.2. The van der Waals surface area contributed by atoms with Crippen LogP contribution in [0.3, 0.4) is 0 Å². The molecule has 2 aliphatic rings. The number of aryl methyl sites for hydroxylation is 1. The van der Waals surface area contributed by atoms with Crippen molar-refractivity contribution in [3.8, 4) is 0 Å². The van der Waals surface area contributed by atoms with Crippen molar-refractivity contribution in [2.24, 2.45) is 11.8 Å². The summed E-state index contributed by atoms with van der Waals surface area (Å²) in [7, 11) is -3.43. The van der Waals surface area contributed by atoms with E-state index < -0.39 is 10.0 Å². The van der Waals surface area contributed by atoms with E-state index in [4.69, 9.17) is 0 Å². The summed E-state index contributed by atoms with van der Waals surface area (Å²) in [6.45, 7) is 9.37. The van der Waals surface area contributed by atoms with Gasteiger partial charge in [0.1, 0.15) is 0 Å². The topological polar surface area (TPSA) is 69.7 Å². The maximum atomic E-state index is 12.8. The molecule has 1 atom stereocenters. The van der Waals surface area contributed by atoms with E-state index >= 15 is 0 Å². The van der Waals surface area contributed by atoms with Gasteiger partial charge in [0, 0.05) is 32.6 Å². The molecule has 2 fully saturated rings. The highest BCUT2D eigenvalue weighted by Gasteiger charge is 2.30. The van der Waals surface area contributed by atoms with Crippen molar-refractivity contribution >= 4 is 15.9 Å². The fourth-order valence-corrected chi connectivity index (χ4v) is 6.04. The third-order valence-electron chi connectivity index (χ3n) is 6.42. The fourth-order valence-electron chi connectivity index (χ4n) is 4.57. The summed E-state index contributed by atoms with van der Waals surface area (Å²) in [5.41, 5.74) is 1.05. The molecule has 7 heteroatoms. The number of sulfonamides is 1. The zero-order chi connectivity index (χ0) is 21.6. The molecular formula is C23H37N3O3S. The lowest BCUT2D eigenvalue weighted by Gasteiger charge is -2.31. The SMILES string of the molecule is Cc1ccc(S(=O)(=O)N2CCC(CC(=O)NCCCN3CCCC(C)C3)CC2)cc1. The molecule has 0 spiro atoms. The summed E-state index contributed by atoms with van der Waals surface area (Å²) in [5.74, 6) is 1.15. The van der Waals surface area contributed by atoms with Gasteiger partial charge in [-0.1, -0.05) is 24.6 Å². The Bertz CT molecular complexity index is 786. The Morgan fingerprint density at radius 1 is 1.10 bits per heavy atom. The van der Waals surface area contributed by atoms with E-state index in [0.29, 0.717) is 24.4 Å². The van der Waals surface area contributed by atoms with Crippen molar-refractivity contribution in [3.05, 3.63) is 29.8 Å². The first-order valence-electron chi connectivity index (χ1n) is 11.4. The molecule has 1 amide bonds. The van der Waals surface area contributed by atoms with Crippen LogP contribution in [-0.2, 0) is 14.8 Å². The maximum Gasteiger partial charge on any atom is 0.243 e. The Labute approximate surface area is 182 Å². The van der Waals surface area contributed by atoms with Crippen LogP contribution < -0.4 is 5.32 Å². The number of nitrogens with zero attached hydrogens (tertiary/aromatic N) is 2. The number of carbonyl (C=O) groups excluding carboxylic acids is 1. The predicted octanol–water partition coefficient (Wildman–Crippen LogP) is 3.02. The highest BCUT2D eigenvalue weighted by Crippen LogP contribution is 2.25. The van der Waals surface area contributed by atoms with Gasteiger partial charge in [-0.2, -0.15) is 4.31 Å². The van der Waals surface area contributed by atoms with Crippen LogP contribution in [0.15, 0.2) is 29.2 Å². The number of benzene rings is 1. The lowest BCUT2D eigenvalue weighted by atomic mass is 9.94. The van der Waals surface area contributed by atoms with Crippen LogP contribution in [0.2, 0.25) is 0 Å². The minimum Gasteiger partial charge on any atom is -0.356 e. The third kappa shape index (κ3) is 6.53. The summed E-state index contributed by atoms with van der Waals surface area (Å²) in [6.07, 6.45) is 5.59. The van der Waals surface area contributed by atoms with Crippen LogP contribution in [0.4, 0.5) is 0 Å². The largest absolute Gasteiger partial charge is 0.356 e. The summed E-state index contributed by atoms with van der Waals surface area (Å²) in [5, 5.41) is 3.06. The molecule has 0 aliphatic carbocycles. The van der Waals surface area contributed by atoms with Crippen molar-refractivity contribution in [1.29, 1.82) is 0 Å². The first-order valence-corrected chi connectivity index (χ1v) is 12.8. The second-order valence-electron chi connectivity index (χ2n) is 9.12.